The van der Waals surface area contributed by atoms with E-state index in [2.05, 4.69) is 12.9 Å². The van der Waals surface area contributed by atoms with Crippen LogP contribution in [0.15, 0.2) is 146 Å². The van der Waals surface area contributed by atoms with E-state index in [0.717, 1.165) is 22.3 Å². The van der Waals surface area contributed by atoms with Crippen molar-refractivity contribution < 1.29 is 30.3 Å². The zero-order valence-electron chi connectivity index (χ0n) is 31.8. The summed E-state index contributed by atoms with van der Waals surface area (Å²) in [5.74, 6) is 1.82. The van der Waals surface area contributed by atoms with Crippen molar-refractivity contribution in [1.82, 2.24) is 30.0 Å². The van der Waals surface area contributed by atoms with Crippen molar-refractivity contribution in [3.05, 3.63) is 166 Å². The summed E-state index contributed by atoms with van der Waals surface area (Å²) in [6.07, 6.45) is 0. The van der Waals surface area contributed by atoms with Gasteiger partial charge < -0.3 is 9.47 Å². The van der Waals surface area contributed by atoms with E-state index in [9.17, 15) is 20.2 Å². The summed E-state index contributed by atoms with van der Waals surface area (Å²) in [4.78, 5) is 28.1. The first-order valence-electron chi connectivity index (χ1n) is 17.8. The second-order valence-electron chi connectivity index (χ2n) is 12.3. The quantitative estimate of drug-likeness (QED) is 0.0688. The molecule has 58 heavy (non-hydrogen) atoms. The van der Waals surface area contributed by atoms with Gasteiger partial charge in [0.1, 0.15) is 11.4 Å². The first kappa shape index (κ1) is 36.7. The van der Waals surface area contributed by atoms with Crippen LogP contribution in [-0.4, -0.2) is 61.7 Å². The van der Waals surface area contributed by atoms with Crippen LogP contribution >= 0.6 is 0 Å². The molecule has 0 fully saturated rings. The predicted octanol–water partition coefficient (Wildman–Crippen LogP) is 6.15. The van der Waals surface area contributed by atoms with E-state index in [0.29, 0.717) is 45.9 Å². The van der Waals surface area contributed by atoms with Crippen LogP contribution in [0.3, 0.4) is 0 Å². The molecule has 0 bridgehead atoms. The number of ether oxygens (including phenoxy) is 2. The molecular formula is C40H31BN11O6+2. The average molecular weight is 775 g/mol. The molecular weight excluding hydrogens is 741 g/mol. The van der Waals surface area contributed by atoms with E-state index in [4.69, 9.17) is 31.3 Å². The van der Waals surface area contributed by atoms with Crippen LogP contribution in [-0.2, 0) is 0 Å². The molecule has 1 radical (unpaired) electrons. The summed E-state index contributed by atoms with van der Waals surface area (Å²) in [5.41, 5.74) is 5.28. The molecule has 0 spiro atoms. The van der Waals surface area contributed by atoms with Crippen LogP contribution in [0.5, 0.6) is 11.5 Å². The third-order valence-electron chi connectivity index (χ3n) is 8.89. The summed E-state index contributed by atoms with van der Waals surface area (Å²) < 4.78 is 17.4. The molecule has 8 rings (SSSR count). The van der Waals surface area contributed by atoms with Crippen LogP contribution in [0, 0.1) is 25.5 Å². The maximum absolute atomic E-state index is 11.4. The van der Waals surface area contributed by atoms with Gasteiger partial charge in [-0.15, -0.1) is 0 Å². The third-order valence-corrected chi connectivity index (χ3v) is 8.89. The fourth-order valence-electron chi connectivity index (χ4n) is 6.08. The van der Waals surface area contributed by atoms with Crippen LogP contribution < -0.4 is 19.1 Å². The molecule has 6 aromatic carbocycles. The monoisotopic (exact) mass is 774 g/mol. The molecule has 2 aromatic heterocycles. The zero-order chi connectivity index (χ0) is 41.5. The van der Waals surface area contributed by atoms with Crippen LogP contribution in [0.1, 0.15) is 0 Å². The summed E-state index contributed by atoms with van der Waals surface area (Å²) in [6.45, 7) is 0. The first-order valence-corrected chi connectivity index (χ1v) is 17.3. The molecule has 2 heterocycles. The molecule has 0 amide bonds. The number of nitrogens with zero attached hydrogens (tertiary/aromatic N) is 10. The van der Waals surface area contributed by atoms with E-state index in [1.54, 1.807) is 57.7 Å². The predicted molar refractivity (Wildman–Crippen MR) is 211 cm³/mol. The van der Waals surface area contributed by atoms with Crippen molar-refractivity contribution in [2.75, 3.05) is 14.2 Å². The Hall–Kier alpha value is -8.28. The number of methoxy groups -OCH3 is 2. The Labute approximate surface area is 332 Å². The van der Waals surface area contributed by atoms with Gasteiger partial charge in [0.15, 0.2) is 11.5 Å². The van der Waals surface area contributed by atoms with Crippen molar-refractivity contribution in [3.63, 3.8) is 0 Å². The molecule has 0 saturated heterocycles. The normalized spacial score (nSPS) is 10.8. The maximum atomic E-state index is 11.4. The topological polar surface area (TPSA) is 198 Å². The standard InChI is InChI=1S/C40H30N10O6.BHN/c1-55-37-25-29(13-23-35(37)47-43-39(27-9-5-3-6-10-27)41-45(47)31-15-19-33(20-16-31)49(51)52)30-14-24-36(38(26-30)56-2)48-44-40(28-11-7-4-8-12-28)42-46(48)32-17-21-34(22-18-32)50(53)54;1-2/h3-26H,1-2H3;2H/q+2;/i;2T. The zero-order valence-corrected chi connectivity index (χ0v) is 30.8. The Morgan fingerprint density at radius 3 is 1.28 bits per heavy atom. The minimum atomic E-state index is -0.456. The minimum absolute atomic E-state index is 0.0475. The molecule has 18 heteroatoms. The van der Waals surface area contributed by atoms with Crippen LogP contribution in [0.25, 0.3) is 56.7 Å². The summed E-state index contributed by atoms with van der Waals surface area (Å²) >= 11 is 0. The molecule has 0 atom stereocenters. The van der Waals surface area contributed by atoms with Gasteiger partial charge in [-0.2, -0.15) is 0 Å². The van der Waals surface area contributed by atoms with Gasteiger partial charge in [-0.25, -0.2) is 0 Å². The second kappa shape index (κ2) is 16.6. The second-order valence-corrected chi connectivity index (χ2v) is 12.3. The van der Waals surface area contributed by atoms with Crippen molar-refractivity contribution in [2.24, 2.45) is 0 Å². The molecule has 17 nitrogen and oxygen atoms in total. The van der Waals surface area contributed by atoms with Crippen molar-refractivity contribution in [3.8, 4) is 68.2 Å². The molecule has 0 aliphatic carbocycles. The Balaban J connectivity index is 0.00000171. The Morgan fingerprint density at radius 2 is 0.948 bits per heavy atom. The summed E-state index contributed by atoms with van der Waals surface area (Å²) in [6, 6.07) is 42.3. The molecule has 8 aromatic rings. The van der Waals surface area contributed by atoms with Crippen molar-refractivity contribution >= 4 is 19.0 Å². The van der Waals surface area contributed by atoms with Crippen molar-refractivity contribution in [1.29, 1.82) is 5.31 Å². The molecule has 1 N–H and O–H groups in total. The number of tetrazole rings is 2. The Morgan fingerprint density at radius 1 is 0.586 bits per heavy atom. The number of non-ortho nitro benzene ring substituents is 2. The van der Waals surface area contributed by atoms with Gasteiger partial charge in [-0.05, 0) is 116 Å². The molecule has 283 valence electrons. The molecule has 0 unspecified atom stereocenters. The number of benzene rings is 6. The van der Waals surface area contributed by atoms with E-state index in [1.165, 1.54) is 24.3 Å². The van der Waals surface area contributed by atoms with Gasteiger partial charge in [0.2, 0.25) is 11.4 Å². The fourth-order valence-corrected chi connectivity index (χ4v) is 6.08. The SMILES string of the molecule is COc1cc(-c2ccc(-[n+]3nc(-c4ccccc4)nn3-c3ccc([N+](=O)[O-])cc3)c(OC)c2)ccc1-[n+]1nc(-c2ccccc2)nn1-c1ccc([N+](=O)[O-])cc1.[3H]N=[B]. The molecule has 0 saturated carbocycles. The van der Waals surface area contributed by atoms with Gasteiger partial charge in [0.05, 0.1) is 45.4 Å². The van der Waals surface area contributed by atoms with Crippen LogP contribution in [0.4, 0.5) is 11.4 Å². The summed E-state index contributed by atoms with van der Waals surface area (Å²) in [7, 11) is 7.26. The van der Waals surface area contributed by atoms with Crippen LogP contribution in [0.2, 0.25) is 1.41 Å². The molecule has 0 aliphatic rings. The third kappa shape index (κ3) is 7.52. The number of nitro benzene ring substituents is 2. The van der Waals surface area contributed by atoms with Gasteiger partial charge in [-0.1, -0.05) is 36.4 Å². The van der Waals surface area contributed by atoms with Gasteiger partial charge in [0.25, 0.3) is 11.4 Å². The van der Waals surface area contributed by atoms with Gasteiger partial charge >= 0.3 is 26.0 Å². The number of nitro groups is 2. The first-order chi connectivity index (χ1) is 28.7. The van der Waals surface area contributed by atoms with E-state index < -0.39 is 9.85 Å². The summed E-state index contributed by atoms with van der Waals surface area (Å²) in [5, 5.41) is 44.1. The number of hydrogen-bond donors (Lipinski definition) is 1. The number of nitrogens with one attached hydrogen (secondary N) is 1. The van der Waals surface area contributed by atoms with E-state index in [1.807, 2.05) is 97.1 Å². The number of hydrogen-bond acceptors (Lipinski definition) is 11. The number of aromatic nitrogens is 8. The fraction of sp³-hybridized carbons (Fsp3) is 0.0500. The molecule has 0 aliphatic heterocycles. The average Bonchev–Trinajstić information content (AvgIpc) is 3.93. The Bertz CT molecular complexity index is 2600. The van der Waals surface area contributed by atoms with Gasteiger partial charge in [0, 0.05) is 33.9 Å². The number of rotatable bonds is 11. The van der Waals surface area contributed by atoms with Crippen molar-refractivity contribution in [2.45, 2.75) is 0 Å². The van der Waals surface area contributed by atoms with Gasteiger partial charge in [-0.3, -0.25) is 20.2 Å². The van der Waals surface area contributed by atoms with E-state index >= 15 is 0 Å². The van der Waals surface area contributed by atoms with E-state index in [-0.39, 0.29) is 11.4 Å². The Kier molecular flexibility index (Phi) is 10.5.